The van der Waals surface area contributed by atoms with Gasteiger partial charge in [-0.25, -0.2) is 4.73 Å². The quantitative estimate of drug-likeness (QED) is 0.392. The zero-order valence-electron chi connectivity index (χ0n) is 12.8. The van der Waals surface area contributed by atoms with Crippen LogP contribution in [0.15, 0.2) is 65.4 Å². The Morgan fingerprint density at radius 3 is 2.29 bits per heavy atom. The highest BCUT2D eigenvalue weighted by Crippen LogP contribution is 2.21. The molecule has 0 radical (unpaired) electrons. The first-order valence-electron chi connectivity index (χ1n) is 7.43. The van der Waals surface area contributed by atoms with Gasteiger partial charge in [-0.15, -0.1) is 9.61 Å². The van der Waals surface area contributed by atoms with E-state index >= 15 is 0 Å². The number of hydrogen-bond donors (Lipinski definition) is 0. The van der Waals surface area contributed by atoms with Crippen LogP contribution in [0.1, 0.15) is 5.56 Å². The predicted molar refractivity (Wildman–Crippen MR) is 95.3 cm³/mol. The summed E-state index contributed by atoms with van der Waals surface area (Å²) in [7, 11) is 0. The van der Waals surface area contributed by atoms with Gasteiger partial charge in [-0.3, -0.25) is 0 Å². The van der Waals surface area contributed by atoms with Crippen molar-refractivity contribution in [3.8, 4) is 22.5 Å². The largest absolute Gasteiger partial charge is 0.740 e. The summed E-state index contributed by atoms with van der Waals surface area (Å²) in [5.41, 5.74) is 4.31. The molecule has 2 aromatic carbocycles. The van der Waals surface area contributed by atoms with Gasteiger partial charge in [0.25, 0.3) is 0 Å². The second-order valence-electron chi connectivity index (χ2n) is 5.58. The zero-order chi connectivity index (χ0) is 16.7. The smallest absolute Gasteiger partial charge is 0.423 e. The molecule has 0 atom stereocenters. The molecular formula is C18H13BrN4O. The third-order valence-electron chi connectivity index (χ3n) is 3.81. The lowest BCUT2D eigenvalue weighted by Crippen LogP contribution is -2.30. The number of hydrogen-bond acceptors (Lipinski definition) is 3. The predicted octanol–water partition coefficient (Wildman–Crippen LogP) is 3.77. The van der Waals surface area contributed by atoms with Gasteiger partial charge in [0.05, 0.1) is 6.20 Å². The number of aryl methyl sites for hydroxylation is 1. The van der Waals surface area contributed by atoms with Crippen molar-refractivity contribution in [3.05, 3.63) is 76.2 Å². The summed E-state index contributed by atoms with van der Waals surface area (Å²) in [5, 5.41) is 16.8. The SMILES string of the molecule is Cc1ccc(-c2c[n+]([O-])c3nc(-c4ccc(Br)cc4)cn3n2)cc1. The van der Waals surface area contributed by atoms with Gasteiger partial charge in [0.15, 0.2) is 5.69 Å². The summed E-state index contributed by atoms with van der Waals surface area (Å²) >= 11 is 3.41. The zero-order valence-corrected chi connectivity index (χ0v) is 14.4. The number of fused-ring (bicyclic) bond motifs is 1. The summed E-state index contributed by atoms with van der Waals surface area (Å²) in [6.07, 6.45) is 3.23. The molecule has 0 aliphatic heterocycles. The normalized spacial score (nSPS) is 11.1. The van der Waals surface area contributed by atoms with Gasteiger partial charge in [-0.1, -0.05) is 62.9 Å². The van der Waals surface area contributed by atoms with Gasteiger partial charge in [-0.2, -0.15) is 0 Å². The van der Waals surface area contributed by atoms with Gasteiger partial charge in [0, 0.05) is 15.6 Å². The molecule has 0 N–H and O–H groups in total. The fourth-order valence-corrected chi connectivity index (χ4v) is 2.78. The van der Waals surface area contributed by atoms with E-state index in [9.17, 15) is 5.21 Å². The molecule has 2 aromatic heterocycles. The Labute approximate surface area is 146 Å². The van der Waals surface area contributed by atoms with Crippen molar-refractivity contribution in [3.63, 3.8) is 0 Å². The highest BCUT2D eigenvalue weighted by Gasteiger charge is 2.17. The van der Waals surface area contributed by atoms with Gasteiger partial charge in [-0.05, 0) is 19.1 Å². The molecular weight excluding hydrogens is 368 g/mol. The number of nitrogens with zero attached hydrogens (tertiary/aromatic N) is 4. The van der Waals surface area contributed by atoms with E-state index in [1.165, 1.54) is 10.7 Å². The summed E-state index contributed by atoms with van der Waals surface area (Å²) in [4.78, 5) is 4.40. The first-order valence-corrected chi connectivity index (χ1v) is 8.22. The van der Waals surface area contributed by atoms with Crippen LogP contribution in [-0.2, 0) is 0 Å². The minimum atomic E-state index is 0.254. The third kappa shape index (κ3) is 2.65. The number of benzene rings is 2. The second-order valence-corrected chi connectivity index (χ2v) is 6.50. The van der Waals surface area contributed by atoms with Crippen molar-refractivity contribution in [1.82, 2.24) is 14.6 Å². The van der Waals surface area contributed by atoms with Crippen molar-refractivity contribution >= 4 is 21.7 Å². The van der Waals surface area contributed by atoms with Crippen LogP contribution in [0.5, 0.6) is 0 Å². The molecule has 0 amide bonds. The van der Waals surface area contributed by atoms with Crippen LogP contribution in [-0.4, -0.2) is 14.6 Å². The average molecular weight is 381 g/mol. The Hall–Kier alpha value is -2.73. The van der Waals surface area contributed by atoms with Crippen molar-refractivity contribution in [2.24, 2.45) is 0 Å². The van der Waals surface area contributed by atoms with Crippen LogP contribution in [0.3, 0.4) is 0 Å². The molecule has 4 aromatic rings. The number of aromatic nitrogens is 4. The molecule has 0 aliphatic rings. The van der Waals surface area contributed by atoms with Crippen LogP contribution >= 0.6 is 15.9 Å². The third-order valence-corrected chi connectivity index (χ3v) is 4.34. The van der Waals surface area contributed by atoms with E-state index in [2.05, 4.69) is 26.0 Å². The monoisotopic (exact) mass is 380 g/mol. The fourth-order valence-electron chi connectivity index (χ4n) is 2.51. The Balaban J connectivity index is 1.83. The van der Waals surface area contributed by atoms with Crippen LogP contribution in [0.25, 0.3) is 28.3 Å². The molecule has 2 heterocycles. The Morgan fingerprint density at radius 1 is 0.958 bits per heavy atom. The van der Waals surface area contributed by atoms with Gasteiger partial charge in [0.1, 0.15) is 11.9 Å². The van der Waals surface area contributed by atoms with Crippen molar-refractivity contribution in [1.29, 1.82) is 0 Å². The molecule has 5 nitrogen and oxygen atoms in total. The first kappa shape index (κ1) is 14.8. The van der Waals surface area contributed by atoms with E-state index in [0.717, 1.165) is 25.9 Å². The standard InChI is InChI=1S/C18H13BrN4O/c1-12-2-4-14(5-3-12)17-11-23(24)18-20-16(10-22(18)21-17)13-6-8-15(19)9-7-13/h2-11H,1H3. The van der Waals surface area contributed by atoms with E-state index in [-0.39, 0.29) is 5.78 Å². The molecule has 0 saturated heterocycles. The molecule has 0 fully saturated rings. The maximum atomic E-state index is 12.3. The van der Waals surface area contributed by atoms with Crippen LogP contribution in [0, 0.1) is 12.1 Å². The first-order chi connectivity index (χ1) is 11.6. The van der Waals surface area contributed by atoms with E-state index in [1.54, 1.807) is 6.20 Å². The van der Waals surface area contributed by atoms with Crippen LogP contribution in [0.2, 0.25) is 0 Å². The van der Waals surface area contributed by atoms with E-state index < -0.39 is 0 Å². The Bertz CT molecular complexity index is 1020. The highest BCUT2D eigenvalue weighted by molar-refractivity contribution is 9.10. The van der Waals surface area contributed by atoms with Gasteiger partial charge < -0.3 is 5.21 Å². The van der Waals surface area contributed by atoms with E-state index in [4.69, 9.17) is 0 Å². The number of rotatable bonds is 2. The van der Waals surface area contributed by atoms with Crippen LogP contribution in [0.4, 0.5) is 0 Å². The number of halogens is 1. The molecule has 6 heteroatoms. The second kappa shape index (κ2) is 5.72. The molecule has 0 aliphatic carbocycles. The molecule has 0 bridgehead atoms. The van der Waals surface area contributed by atoms with Crippen molar-refractivity contribution in [2.45, 2.75) is 6.92 Å². The van der Waals surface area contributed by atoms with Crippen LogP contribution < -0.4 is 4.73 Å². The van der Waals surface area contributed by atoms with Gasteiger partial charge >= 0.3 is 5.78 Å². The van der Waals surface area contributed by atoms with E-state index in [1.807, 2.05) is 55.5 Å². The maximum absolute atomic E-state index is 12.3. The maximum Gasteiger partial charge on any atom is 0.423 e. The van der Waals surface area contributed by atoms with Crippen molar-refractivity contribution < 1.29 is 4.73 Å². The fraction of sp³-hybridized carbons (Fsp3) is 0.0556. The summed E-state index contributed by atoms with van der Waals surface area (Å²) in [6.45, 7) is 2.02. The number of imidazole rings is 1. The summed E-state index contributed by atoms with van der Waals surface area (Å²) in [5.74, 6) is 0.254. The average Bonchev–Trinajstić information content (AvgIpc) is 3.01. The molecule has 24 heavy (non-hydrogen) atoms. The summed E-state index contributed by atoms with van der Waals surface area (Å²) < 4.78 is 3.28. The molecule has 0 saturated carbocycles. The minimum absolute atomic E-state index is 0.254. The lowest BCUT2D eigenvalue weighted by Gasteiger charge is -2.05. The minimum Gasteiger partial charge on any atom is -0.740 e. The van der Waals surface area contributed by atoms with Gasteiger partial charge in [0.2, 0.25) is 0 Å². The topological polar surface area (TPSA) is 57.1 Å². The summed E-state index contributed by atoms with van der Waals surface area (Å²) in [6, 6.07) is 15.7. The lowest BCUT2D eigenvalue weighted by molar-refractivity contribution is -0.583. The lowest BCUT2D eigenvalue weighted by atomic mass is 10.1. The Kier molecular flexibility index (Phi) is 3.54. The Morgan fingerprint density at radius 2 is 1.58 bits per heavy atom. The highest BCUT2D eigenvalue weighted by atomic mass is 79.9. The van der Waals surface area contributed by atoms with E-state index in [0.29, 0.717) is 11.4 Å². The molecule has 0 spiro atoms. The molecule has 118 valence electrons. The van der Waals surface area contributed by atoms with Crippen molar-refractivity contribution in [2.75, 3.05) is 0 Å². The molecule has 0 unspecified atom stereocenters. The molecule has 4 rings (SSSR count).